The zero-order valence-corrected chi connectivity index (χ0v) is 14.7. The maximum Gasteiger partial charge on any atom is 0.412 e. The van der Waals surface area contributed by atoms with Gasteiger partial charge in [0, 0.05) is 30.7 Å². The molecule has 0 aliphatic carbocycles. The monoisotopic (exact) mass is 398 g/mol. The van der Waals surface area contributed by atoms with Gasteiger partial charge in [0.2, 0.25) is 5.95 Å². The summed E-state index contributed by atoms with van der Waals surface area (Å²) < 4.78 is 6.09. The number of aromatic nitrogens is 2. The number of hydrogen-bond donors (Lipinski definition) is 2. The Hall–Kier alpha value is -2.93. The normalized spacial score (nSPS) is 10.1. The number of ether oxygens (including phenoxy) is 1. The van der Waals surface area contributed by atoms with Crippen molar-refractivity contribution in [1.29, 1.82) is 0 Å². The van der Waals surface area contributed by atoms with Gasteiger partial charge in [-0.25, -0.2) is 14.8 Å². The van der Waals surface area contributed by atoms with Crippen LogP contribution in [-0.2, 0) is 6.54 Å². The molecule has 7 heteroatoms. The predicted molar refractivity (Wildman–Crippen MR) is 98.8 cm³/mol. The Kier molecular flexibility index (Phi) is 5.58. The van der Waals surface area contributed by atoms with E-state index in [0.29, 0.717) is 18.2 Å². The molecule has 126 valence electrons. The van der Waals surface area contributed by atoms with Gasteiger partial charge in [-0.15, -0.1) is 0 Å². The van der Waals surface area contributed by atoms with Crippen LogP contribution in [0.25, 0.3) is 0 Å². The van der Waals surface area contributed by atoms with E-state index in [0.717, 1.165) is 15.7 Å². The molecule has 3 rings (SSSR count). The number of carbonyl (C=O) groups excluding carboxylic acids is 1. The van der Waals surface area contributed by atoms with Crippen LogP contribution in [0.1, 0.15) is 5.56 Å². The molecule has 0 fully saturated rings. The molecule has 1 aromatic heterocycles. The highest BCUT2D eigenvalue weighted by Gasteiger charge is 2.06. The number of halogens is 1. The van der Waals surface area contributed by atoms with E-state index in [9.17, 15) is 4.79 Å². The minimum Gasteiger partial charge on any atom is -0.410 e. The smallest absolute Gasteiger partial charge is 0.410 e. The van der Waals surface area contributed by atoms with Crippen molar-refractivity contribution in [2.24, 2.45) is 0 Å². The van der Waals surface area contributed by atoms with Crippen molar-refractivity contribution in [2.45, 2.75) is 6.54 Å². The minimum absolute atomic E-state index is 0.407. The molecule has 1 amide bonds. The standard InChI is InChI=1S/C18H15BrN4O2/c19-14-11-20-17(21-12-14)23-15-7-4-8-16(9-15)25-18(24)22-10-13-5-2-1-3-6-13/h1-9,11-12H,10H2,(H,22,24)(H,20,21,23). The fourth-order valence-electron chi connectivity index (χ4n) is 2.06. The summed E-state index contributed by atoms with van der Waals surface area (Å²) in [5, 5.41) is 5.76. The quantitative estimate of drug-likeness (QED) is 0.670. The SMILES string of the molecule is O=C(NCc1ccccc1)Oc1cccc(Nc2ncc(Br)cn2)c1. The third kappa shape index (κ3) is 5.29. The predicted octanol–water partition coefficient (Wildman–Crippen LogP) is 4.27. The molecule has 25 heavy (non-hydrogen) atoms. The number of hydrogen-bond acceptors (Lipinski definition) is 5. The lowest BCUT2D eigenvalue weighted by Crippen LogP contribution is -2.26. The van der Waals surface area contributed by atoms with Crippen LogP contribution in [0, 0.1) is 0 Å². The van der Waals surface area contributed by atoms with Gasteiger partial charge in [-0.1, -0.05) is 36.4 Å². The van der Waals surface area contributed by atoms with E-state index < -0.39 is 6.09 Å². The molecule has 6 nitrogen and oxygen atoms in total. The van der Waals surface area contributed by atoms with E-state index >= 15 is 0 Å². The second-order valence-electron chi connectivity index (χ2n) is 5.11. The maximum atomic E-state index is 11.9. The molecule has 0 unspecified atom stereocenters. The van der Waals surface area contributed by atoms with Crippen LogP contribution < -0.4 is 15.4 Å². The molecule has 2 aromatic carbocycles. The Balaban J connectivity index is 1.57. The van der Waals surface area contributed by atoms with Crippen molar-refractivity contribution in [3.05, 3.63) is 77.0 Å². The van der Waals surface area contributed by atoms with E-state index in [4.69, 9.17) is 4.74 Å². The molecule has 0 saturated carbocycles. The van der Waals surface area contributed by atoms with E-state index in [1.54, 1.807) is 30.6 Å². The van der Waals surface area contributed by atoms with Crippen molar-refractivity contribution in [3.63, 3.8) is 0 Å². The summed E-state index contributed by atoms with van der Waals surface area (Å²) in [7, 11) is 0. The fraction of sp³-hybridized carbons (Fsp3) is 0.0556. The molecule has 0 spiro atoms. The maximum absolute atomic E-state index is 11.9. The zero-order chi connectivity index (χ0) is 17.5. The highest BCUT2D eigenvalue weighted by Crippen LogP contribution is 2.20. The number of amides is 1. The Morgan fingerprint density at radius 1 is 1.04 bits per heavy atom. The molecule has 0 bridgehead atoms. The van der Waals surface area contributed by atoms with Gasteiger partial charge in [0.25, 0.3) is 0 Å². The highest BCUT2D eigenvalue weighted by molar-refractivity contribution is 9.10. The summed E-state index contributed by atoms with van der Waals surface area (Å²) in [5.41, 5.74) is 1.72. The van der Waals surface area contributed by atoms with Crippen LogP contribution in [0.4, 0.5) is 16.4 Å². The highest BCUT2D eigenvalue weighted by atomic mass is 79.9. The number of anilines is 2. The van der Waals surface area contributed by atoms with Crippen LogP contribution in [0.5, 0.6) is 5.75 Å². The first-order chi connectivity index (χ1) is 12.2. The molecular formula is C18H15BrN4O2. The molecule has 0 atom stereocenters. The van der Waals surface area contributed by atoms with Crippen molar-refractivity contribution in [3.8, 4) is 5.75 Å². The summed E-state index contributed by atoms with van der Waals surface area (Å²) in [5.74, 6) is 0.876. The van der Waals surface area contributed by atoms with E-state index in [1.165, 1.54) is 0 Å². The van der Waals surface area contributed by atoms with Gasteiger partial charge in [-0.2, -0.15) is 0 Å². The van der Waals surface area contributed by atoms with Crippen LogP contribution >= 0.6 is 15.9 Å². The summed E-state index contributed by atoms with van der Waals surface area (Å²) in [6.45, 7) is 0.407. The topological polar surface area (TPSA) is 76.1 Å². The van der Waals surface area contributed by atoms with E-state index in [2.05, 4.69) is 36.5 Å². The molecule has 0 aliphatic heterocycles. The van der Waals surface area contributed by atoms with Gasteiger partial charge in [-0.3, -0.25) is 0 Å². The second-order valence-corrected chi connectivity index (χ2v) is 6.02. The molecular weight excluding hydrogens is 384 g/mol. The Morgan fingerprint density at radius 2 is 1.80 bits per heavy atom. The van der Waals surface area contributed by atoms with Crippen LogP contribution in [0.2, 0.25) is 0 Å². The van der Waals surface area contributed by atoms with Crippen LogP contribution in [0.3, 0.4) is 0 Å². The van der Waals surface area contributed by atoms with Gasteiger partial charge >= 0.3 is 6.09 Å². The third-order valence-electron chi connectivity index (χ3n) is 3.20. The Labute approximate surface area is 153 Å². The number of nitrogens with zero attached hydrogens (tertiary/aromatic N) is 2. The van der Waals surface area contributed by atoms with Gasteiger partial charge in [0.05, 0.1) is 4.47 Å². The summed E-state index contributed by atoms with van der Waals surface area (Å²) in [4.78, 5) is 20.2. The van der Waals surface area contributed by atoms with Crippen molar-refractivity contribution in [2.75, 3.05) is 5.32 Å². The lowest BCUT2D eigenvalue weighted by atomic mass is 10.2. The molecule has 3 aromatic rings. The number of carbonyl (C=O) groups is 1. The average molecular weight is 399 g/mol. The van der Waals surface area contributed by atoms with Crippen molar-refractivity contribution >= 4 is 33.7 Å². The first kappa shape index (κ1) is 16.9. The van der Waals surface area contributed by atoms with Gasteiger partial charge in [-0.05, 0) is 33.6 Å². The van der Waals surface area contributed by atoms with Crippen LogP contribution in [0.15, 0.2) is 71.5 Å². The fourth-order valence-corrected chi connectivity index (χ4v) is 2.26. The molecule has 1 heterocycles. The second kappa shape index (κ2) is 8.25. The van der Waals surface area contributed by atoms with Crippen LogP contribution in [-0.4, -0.2) is 16.1 Å². The molecule has 2 N–H and O–H groups in total. The van der Waals surface area contributed by atoms with E-state index in [1.807, 2.05) is 36.4 Å². The van der Waals surface area contributed by atoms with Gasteiger partial charge in [0.15, 0.2) is 0 Å². The summed E-state index contributed by atoms with van der Waals surface area (Å²) in [6.07, 6.45) is 2.78. The van der Waals surface area contributed by atoms with Crippen molar-refractivity contribution < 1.29 is 9.53 Å². The molecule has 0 radical (unpaired) electrons. The number of rotatable bonds is 5. The lowest BCUT2D eigenvalue weighted by Gasteiger charge is -2.09. The zero-order valence-electron chi connectivity index (χ0n) is 13.1. The largest absolute Gasteiger partial charge is 0.412 e. The lowest BCUT2D eigenvalue weighted by molar-refractivity contribution is 0.200. The summed E-state index contributed by atoms with van der Waals surface area (Å²) in [6, 6.07) is 16.6. The number of nitrogens with one attached hydrogen (secondary N) is 2. The molecule has 0 aliphatic rings. The Bertz CT molecular complexity index is 841. The van der Waals surface area contributed by atoms with Gasteiger partial charge in [0.1, 0.15) is 5.75 Å². The third-order valence-corrected chi connectivity index (χ3v) is 3.61. The number of benzene rings is 2. The molecule has 0 saturated heterocycles. The van der Waals surface area contributed by atoms with Gasteiger partial charge < -0.3 is 15.4 Å². The minimum atomic E-state index is -0.513. The first-order valence-electron chi connectivity index (χ1n) is 7.53. The Morgan fingerprint density at radius 3 is 2.56 bits per heavy atom. The average Bonchev–Trinajstić information content (AvgIpc) is 2.63. The van der Waals surface area contributed by atoms with E-state index in [-0.39, 0.29) is 0 Å². The first-order valence-corrected chi connectivity index (χ1v) is 8.32. The van der Waals surface area contributed by atoms with Crippen molar-refractivity contribution in [1.82, 2.24) is 15.3 Å². The summed E-state index contributed by atoms with van der Waals surface area (Å²) >= 11 is 3.28.